The van der Waals surface area contributed by atoms with Crippen LogP contribution in [-0.2, 0) is 0 Å². The summed E-state index contributed by atoms with van der Waals surface area (Å²) in [6, 6.07) is 94.4. The first-order valence-electron chi connectivity index (χ1n) is 23.7. The fraction of sp³-hybridized carbons (Fsp3) is 0. The lowest BCUT2D eigenvalue weighted by Crippen LogP contribution is -1.95. The lowest BCUT2D eigenvalue weighted by molar-refractivity contribution is 1.55. The fourth-order valence-corrected chi connectivity index (χ4v) is 11.6. The minimum Gasteiger partial charge on any atom is -0.0622 e. The van der Waals surface area contributed by atoms with Gasteiger partial charge in [0.2, 0.25) is 0 Å². The van der Waals surface area contributed by atoms with Crippen molar-refractivity contribution in [2.75, 3.05) is 0 Å². The van der Waals surface area contributed by atoms with Crippen LogP contribution in [0.25, 0.3) is 144 Å². The summed E-state index contributed by atoms with van der Waals surface area (Å²) in [5.74, 6) is 0. The van der Waals surface area contributed by atoms with Crippen LogP contribution in [0.4, 0.5) is 0 Å². The van der Waals surface area contributed by atoms with Crippen molar-refractivity contribution in [3.8, 4) is 122 Å². The molecule has 0 radical (unpaired) electrons. The molecular formula is C68H42. The number of hydrogen-bond donors (Lipinski definition) is 0. The van der Waals surface area contributed by atoms with E-state index in [1.54, 1.807) is 0 Å². The molecule has 0 aliphatic heterocycles. The van der Waals surface area contributed by atoms with E-state index in [1.165, 1.54) is 144 Å². The lowest BCUT2D eigenvalue weighted by atomic mass is 9.82. The number of hydrogen-bond acceptors (Lipinski definition) is 0. The van der Waals surface area contributed by atoms with E-state index in [4.69, 9.17) is 0 Å². The Kier molecular flexibility index (Phi) is 8.69. The topological polar surface area (TPSA) is 0 Å². The van der Waals surface area contributed by atoms with Crippen molar-refractivity contribution in [2.24, 2.45) is 0 Å². The molecule has 0 amide bonds. The van der Waals surface area contributed by atoms with Crippen LogP contribution in [0.1, 0.15) is 0 Å². The molecule has 0 bridgehead atoms. The SMILES string of the molecule is c1ccc(-c2cc(-c3ccc(-c4ccc(-c5cc(-c6ccccc6)c6c(c5-c5ccccc5)-c5cccc7cccc-6c57)cc4)cc3)c(-c3ccccc3)c3c2-c2cccc4cccc-3c24)cc1. The van der Waals surface area contributed by atoms with Gasteiger partial charge in [-0.25, -0.2) is 0 Å². The van der Waals surface area contributed by atoms with E-state index in [9.17, 15) is 0 Å². The summed E-state index contributed by atoms with van der Waals surface area (Å²) in [5.41, 5.74) is 27.7. The summed E-state index contributed by atoms with van der Waals surface area (Å²) in [6.45, 7) is 0. The summed E-state index contributed by atoms with van der Waals surface area (Å²) < 4.78 is 0. The van der Waals surface area contributed by atoms with Crippen molar-refractivity contribution < 1.29 is 0 Å². The van der Waals surface area contributed by atoms with Gasteiger partial charge in [-0.05, 0) is 156 Å². The Morgan fingerprint density at radius 3 is 0.750 bits per heavy atom. The summed E-state index contributed by atoms with van der Waals surface area (Å²) >= 11 is 0. The van der Waals surface area contributed by atoms with Crippen molar-refractivity contribution in [1.29, 1.82) is 0 Å². The maximum absolute atomic E-state index is 2.45. The van der Waals surface area contributed by atoms with Crippen molar-refractivity contribution in [3.05, 3.63) is 255 Å². The molecule has 14 rings (SSSR count). The molecule has 2 aliphatic carbocycles. The van der Waals surface area contributed by atoms with E-state index in [0.717, 1.165) is 0 Å². The molecule has 0 nitrogen and oxygen atoms in total. The molecular weight excluding hydrogens is 817 g/mol. The summed E-state index contributed by atoms with van der Waals surface area (Å²) in [7, 11) is 0. The molecule has 0 unspecified atom stereocenters. The van der Waals surface area contributed by atoms with E-state index >= 15 is 0 Å². The Morgan fingerprint density at radius 2 is 0.412 bits per heavy atom. The first-order chi connectivity index (χ1) is 33.8. The van der Waals surface area contributed by atoms with Gasteiger partial charge in [-0.2, -0.15) is 0 Å². The molecule has 12 aromatic rings. The smallest absolute Gasteiger partial charge is 0.000764 e. The zero-order chi connectivity index (χ0) is 44.7. The third-order valence-corrected chi connectivity index (χ3v) is 14.6. The first-order valence-corrected chi connectivity index (χ1v) is 23.7. The average molecular weight is 859 g/mol. The molecule has 0 saturated heterocycles. The van der Waals surface area contributed by atoms with Gasteiger partial charge in [-0.1, -0.05) is 243 Å². The second kappa shape index (κ2) is 15.4. The third kappa shape index (κ3) is 5.88. The third-order valence-electron chi connectivity index (χ3n) is 14.6. The lowest BCUT2D eigenvalue weighted by Gasteiger charge is -2.21. The molecule has 0 heteroatoms. The molecule has 0 spiro atoms. The Labute approximate surface area is 396 Å². The van der Waals surface area contributed by atoms with Gasteiger partial charge in [0.05, 0.1) is 0 Å². The quantitative estimate of drug-likeness (QED) is 0.150. The van der Waals surface area contributed by atoms with E-state index in [2.05, 4.69) is 255 Å². The zero-order valence-electron chi connectivity index (χ0n) is 37.2. The molecule has 12 aromatic carbocycles. The van der Waals surface area contributed by atoms with Crippen LogP contribution in [-0.4, -0.2) is 0 Å². The Morgan fingerprint density at radius 1 is 0.147 bits per heavy atom. The molecule has 0 atom stereocenters. The first kappa shape index (κ1) is 38.4. The van der Waals surface area contributed by atoms with Crippen LogP contribution >= 0.6 is 0 Å². The van der Waals surface area contributed by atoms with Crippen LogP contribution < -0.4 is 0 Å². The van der Waals surface area contributed by atoms with Crippen LogP contribution in [0, 0.1) is 0 Å². The molecule has 0 heterocycles. The van der Waals surface area contributed by atoms with Crippen molar-refractivity contribution in [2.45, 2.75) is 0 Å². The van der Waals surface area contributed by atoms with E-state index in [1.807, 2.05) is 0 Å². The monoisotopic (exact) mass is 858 g/mol. The van der Waals surface area contributed by atoms with E-state index in [-0.39, 0.29) is 0 Å². The van der Waals surface area contributed by atoms with Crippen molar-refractivity contribution in [3.63, 3.8) is 0 Å². The van der Waals surface area contributed by atoms with Crippen LogP contribution in [0.5, 0.6) is 0 Å². The van der Waals surface area contributed by atoms with Crippen LogP contribution in [0.3, 0.4) is 0 Å². The Bertz CT molecular complexity index is 3670. The highest BCUT2D eigenvalue weighted by Gasteiger charge is 2.32. The molecule has 0 aromatic heterocycles. The van der Waals surface area contributed by atoms with Gasteiger partial charge in [-0.3, -0.25) is 0 Å². The van der Waals surface area contributed by atoms with Crippen molar-refractivity contribution in [1.82, 2.24) is 0 Å². The highest BCUT2D eigenvalue weighted by atomic mass is 14.3. The second-order valence-corrected chi connectivity index (χ2v) is 18.2. The molecule has 68 heavy (non-hydrogen) atoms. The molecule has 0 fully saturated rings. The zero-order valence-corrected chi connectivity index (χ0v) is 37.2. The minimum absolute atomic E-state index is 1.19. The normalized spacial score (nSPS) is 11.8. The molecule has 0 N–H and O–H groups in total. The average Bonchev–Trinajstić information content (AvgIpc) is 3.94. The predicted molar refractivity (Wildman–Crippen MR) is 288 cm³/mol. The Hall–Kier alpha value is -8.84. The van der Waals surface area contributed by atoms with Crippen LogP contribution in [0.15, 0.2) is 255 Å². The standard InChI is InChI=1S/C68H42/c1-5-17-45(18-6-1)59-41-57(63(51-21-9-3-10-22-51)67-55-31-15-27-49-25-13-29-53(61(49)55)65(59)67)47-37-33-43(34-38-47)44-35-39-48(40-36-44)58-42-60(46-19-7-2-8-20-46)66-54-30-14-26-50-28-16-32-56(62(50)54)68(66)64(58)52-23-11-4-12-24-52/h1-42H. The van der Waals surface area contributed by atoms with Crippen LogP contribution in [0.2, 0.25) is 0 Å². The fourth-order valence-electron chi connectivity index (χ4n) is 11.6. The second-order valence-electron chi connectivity index (χ2n) is 18.2. The van der Waals surface area contributed by atoms with Crippen molar-refractivity contribution >= 4 is 21.5 Å². The number of rotatable bonds is 7. The van der Waals surface area contributed by atoms with E-state index < -0.39 is 0 Å². The molecule has 2 aliphatic rings. The van der Waals surface area contributed by atoms with Gasteiger partial charge in [0.25, 0.3) is 0 Å². The predicted octanol–water partition coefficient (Wildman–Crippen LogP) is 19.0. The van der Waals surface area contributed by atoms with Gasteiger partial charge in [0, 0.05) is 0 Å². The maximum atomic E-state index is 2.45. The number of fused-ring (bicyclic) bond motifs is 6. The number of benzene rings is 12. The maximum Gasteiger partial charge on any atom is -0.000764 e. The van der Waals surface area contributed by atoms with Gasteiger partial charge in [-0.15, -0.1) is 0 Å². The van der Waals surface area contributed by atoms with Gasteiger partial charge in [0.15, 0.2) is 0 Å². The molecule has 314 valence electrons. The van der Waals surface area contributed by atoms with Gasteiger partial charge < -0.3 is 0 Å². The Balaban J connectivity index is 0.920. The largest absolute Gasteiger partial charge is 0.0622 e. The highest BCUT2D eigenvalue weighted by molar-refractivity contribution is 6.24. The van der Waals surface area contributed by atoms with E-state index in [0.29, 0.717) is 0 Å². The molecule has 0 saturated carbocycles. The van der Waals surface area contributed by atoms with Gasteiger partial charge >= 0.3 is 0 Å². The minimum atomic E-state index is 1.19. The summed E-state index contributed by atoms with van der Waals surface area (Å²) in [5, 5.41) is 5.23. The van der Waals surface area contributed by atoms with Gasteiger partial charge in [0.1, 0.15) is 0 Å². The highest BCUT2D eigenvalue weighted by Crippen LogP contribution is 2.59. The summed E-state index contributed by atoms with van der Waals surface area (Å²) in [6.07, 6.45) is 0. The summed E-state index contributed by atoms with van der Waals surface area (Å²) in [4.78, 5) is 0.